The van der Waals surface area contributed by atoms with Gasteiger partial charge in [-0.25, -0.2) is 13.1 Å². The summed E-state index contributed by atoms with van der Waals surface area (Å²) < 4.78 is 74.4. The Kier molecular flexibility index (Phi) is 5.49. The van der Waals surface area contributed by atoms with Crippen LogP contribution in [0.1, 0.15) is 28.2 Å². The van der Waals surface area contributed by atoms with Crippen LogP contribution < -0.4 is 9.46 Å². The summed E-state index contributed by atoms with van der Waals surface area (Å²) in [5.74, 6) is 0.720. The second kappa shape index (κ2) is 8.31. The minimum absolute atomic E-state index is 0.0727. The number of likely N-dealkylation sites (tertiary alicyclic amines) is 1. The maximum atomic E-state index is 13.3. The average Bonchev–Trinajstić information content (AvgIpc) is 3.60. The molecule has 37 heavy (non-hydrogen) atoms. The van der Waals surface area contributed by atoms with Crippen molar-refractivity contribution in [1.82, 2.24) is 19.4 Å². The summed E-state index contributed by atoms with van der Waals surface area (Å²) in [5.41, 5.74) is 2.45. The van der Waals surface area contributed by atoms with Crippen molar-refractivity contribution in [3.8, 4) is 5.75 Å². The number of nitrogens with one attached hydrogen (secondary N) is 1. The first-order valence-electron chi connectivity index (χ1n) is 12.1. The highest BCUT2D eigenvalue weighted by molar-refractivity contribution is 7.89. The summed E-state index contributed by atoms with van der Waals surface area (Å²) in [6.07, 6.45) is -0.223. The quantitative estimate of drug-likeness (QED) is 0.356. The number of aryl methyl sites for hydroxylation is 1. The largest absolute Gasteiger partial charge is 0.492 e. The van der Waals surface area contributed by atoms with Gasteiger partial charge in [0.25, 0.3) is 0 Å². The molecule has 1 N–H and O–H groups in total. The van der Waals surface area contributed by atoms with Crippen molar-refractivity contribution in [3.05, 3.63) is 77.1 Å². The first-order chi connectivity index (χ1) is 17.5. The number of aromatic nitrogens is 2. The normalized spacial score (nSPS) is 27.7. The fraction of sp³-hybridized carbons (Fsp3) is 0.423. The van der Waals surface area contributed by atoms with Gasteiger partial charge in [0.05, 0.1) is 11.8 Å². The third-order valence-electron chi connectivity index (χ3n) is 8.07. The minimum atomic E-state index is -4.37. The van der Waals surface area contributed by atoms with E-state index >= 15 is 0 Å². The number of benzene rings is 2. The Bertz CT molecular complexity index is 1460. The van der Waals surface area contributed by atoms with Gasteiger partial charge in [-0.2, -0.15) is 18.3 Å². The van der Waals surface area contributed by atoms with Crippen LogP contribution in [-0.4, -0.2) is 55.4 Å². The summed E-state index contributed by atoms with van der Waals surface area (Å²) in [6, 6.07) is 12.5. The number of sulfonamides is 1. The summed E-state index contributed by atoms with van der Waals surface area (Å²) in [4.78, 5) is 2.40. The SMILES string of the molecule is CN1C2C1C21Cc2ccc(OCCNS(=O)(=O)c3cnn(C)c3)cc2C1Cc1cccc(C(F)(F)F)c1. The summed E-state index contributed by atoms with van der Waals surface area (Å²) in [7, 11) is 0.0591. The average molecular weight is 533 g/mol. The maximum absolute atomic E-state index is 13.3. The number of alkyl halides is 3. The van der Waals surface area contributed by atoms with Crippen LogP contribution in [0, 0.1) is 5.41 Å². The number of hydrogen-bond donors (Lipinski definition) is 1. The van der Waals surface area contributed by atoms with E-state index in [2.05, 4.69) is 21.8 Å². The molecule has 0 radical (unpaired) electrons. The predicted molar refractivity (Wildman–Crippen MR) is 130 cm³/mol. The smallest absolute Gasteiger partial charge is 0.416 e. The molecular weight excluding hydrogens is 505 g/mol. The highest BCUT2D eigenvalue weighted by Crippen LogP contribution is 2.76. The Hall–Kier alpha value is -2.89. The molecule has 6 rings (SSSR count). The zero-order chi connectivity index (χ0) is 26.2. The van der Waals surface area contributed by atoms with Crippen LogP contribution in [-0.2, 0) is 36.1 Å². The molecule has 1 aromatic heterocycles. The van der Waals surface area contributed by atoms with Crippen LogP contribution in [0.2, 0.25) is 0 Å². The lowest BCUT2D eigenvalue weighted by molar-refractivity contribution is -0.137. The second-order valence-corrected chi connectivity index (χ2v) is 12.0. The Morgan fingerprint density at radius 2 is 1.95 bits per heavy atom. The standard InChI is InChI=1S/C26H27F3N4O3S/c1-32-15-20(14-30-32)37(34,35)31-8-9-36-19-7-6-17-13-25(23-24(25)33(23)2)22(21(17)12-19)11-16-4-3-5-18(10-16)26(27,28)29/h3-7,10,12,14-15,22-24,31H,8-9,11,13H2,1-2H3. The van der Waals surface area contributed by atoms with E-state index in [0.717, 1.165) is 18.1 Å². The van der Waals surface area contributed by atoms with E-state index in [1.165, 1.54) is 34.8 Å². The Balaban J connectivity index is 1.17. The lowest BCUT2D eigenvalue weighted by Crippen LogP contribution is -2.31. The molecule has 2 fully saturated rings. The van der Waals surface area contributed by atoms with E-state index in [0.29, 0.717) is 29.8 Å². The first kappa shape index (κ1) is 24.4. The summed E-state index contributed by atoms with van der Waals surface area (Å²) in [5, 5.41) is 3.88. The van der Waals surface area contributed by atoms with E-state index in [9.17, 15) is 21.6 Å². The van der Waals surface area contributed by atoms with E-state index in [1.54, 1.807) is 13.1 Å². The molecule has 3 atom stereocenters. The number of fused-ring (bicyclic) bond motifs is 4. The van der Waals surface area contributed by atoms with Crippen LogP contribution >= 0.6 is 0 Å². The lowest BCUT2D eigenvalue weighted by Gasteiger charge is -2.29. The fourth-order valence-corrected chi connectivity index (χ4v) is 7.32. The molecule has 2 heterocycles. The van der Waals surface area contributed by atoms with Gasteiger partial charge in [-0.05, 0) is 60.7 Å². The third kappa shape index (κ3) is 4.13. The zero-order valence-corrected chi connectivity index (χ0v) is 21.2. The summed E-state index contributed by atoms with van der Waals surface area (Å²) >= 11 is 0. The van der Waals surface area contributed by atoms with Crippen molar-refractivity contribution < 1.29 is 26.3 Å². The molecule has 3 aromatic rings. The molecule has 196 valence electrons. The van der Waals surface area contributed by atoms with Gasteiger partial charge in [0.15, 0.2) is 0 Å². The van der Waals surface area contributed by atoms with Crippen LogP contribution in [0.4, 0.5) is 13.2 Å². The van der Waals surface area contributed by atoms with Gasteiger partial charge in [-0.15, -0.1) is 0 Å². The first-order valence-corrected chi connectivity index (χ1v) is 13.6. The van der Waals surface area contributed by atoms with E-state index in [-0.39, 0.29) is 29.4 Å². The van der Waals surface area contributed by atoms with Gasteiger partial charge >= 0.3 is 6.18 Å². The van der Waals surface area contributed by atoms with Gasteiger partial charge in [0.2, 0.25) is 10.0 Å². The molecule has 7 nitrogen and oxygen atoms in total. The topological polar surface area (TPSA) is 76.2 Å². The van der Waals surface area contributed by atoms with Gasteiger partial charge in [-0.1, -0.05) is 24.3 Å². The predicted octanol–water partition coefficient (Wildman–Crippen LogP) is 3.36. The number of likely N-dealkylation sites (N-methyl/N-ethyl adjacent to an activating group) is 1. The number of nitrogens with zero attached hydrogens (tertiary/aromatic N) is 3. The molecule has 11 heteroatoms. The van der Waals surface area contributed by atoms with Crippen LogP contribution in [0.5, 0.6) is 5.75 Å². The van der Waals surface area contributed by atoms with Crippen molar-refractivity contribution in [2.45, 2.75) is 41.9 Å². The second-order valence-electron chi connectivity index (χ2n) is 10.3. The molecule has 1 spiro atoms. The van der Waals surface area contributed by atoms with Gasteiger partial charge in [-0.3, -0.25) is 9.58 Å². The number of rotatable bonds is 8. The minimum Gasteiger partial charge on any atom is -0.492 e. The molecule has 0 bridgehead atoms. The molecule has 2 aliphatic carbocycles. The van der Waals surface area contributed by atoms with Crippen LogP contribution in [0.15, 0.2) is 59.8 Å². The zero-order valence-electron chi connectivity index (χ0n) is 20.4. The third-order valence-corrected chi connectivity index (χ3v) is 9.48. The number of halogens is 3. The molecule has 3 unspecified atom stereocenters. The van der Waals surface area contributed by atoms with Crippen LogP contribution in [0.25, 0.3) is 0 Å². The fourth-order valence-electron chi connectivity index (χ4n) is 6.32. The van der Waals surface area contributed by atoms with Crippen LogP contribution in [0.3, 0.4) is 0 Å². The van der Waals surface area contributed by atoms with Crippen molar-refractivity contribution in [3.63, 3.8) is 0 Å². The highest BCUT2D eigenvalue weighted by Gasteiger charge is 2.84. The van der Waals surface area contributed by atoms with E-state index < -0.39 is 21.8 Å². The molecule has 2 aromatic carbocycles. The number of hydrogen-bond acceptors (Lipinski definition) is 5. The van der Waals surface area contributed by atoms with Gasteiger partial charge in [0, 0.05) is 37.3 Å². The lowest BCUT2D eigenvalue weighted by atomic mass is 9.81. The van der Waals surface area contributed by atoms with E-state index in [1.807, 2.05) is 18.2 Å². The Morgan fingerprint density at radius 1 is 1.16 bits per heavy atom. The molecule has 0 amide bonds. The molecule has 1 aliphatic heterocycles. The van der Waals surface area contributed by atoms with Crippen molar-refractivity contribution in [1.29, 1.82) is 0 Å². The molecule has 1 saturated carbocycles. The van der Waals surface area contributed by atoms with Gasteiger partial charge < -0.3 is 4.74 Å². The molecular formula is C26H27F3N4O3S. The maximum Gasteiger partial charge on any atom is 0.416 e. The summed E-state index contributed by atoms with van der Waals surface area (Å²) in [6.45, 7) is 0.219. The van der Waals surface area contributed by atoms with Crippen molar-refractivity contribution in [2.24, 2.45) is 12.5 Å². The monoisotopic (exact) mass is 532 g/mol. The number of ether oxygens (including phenoxy) is 1. The Morgan fingerprint density at radius 3 is 2.62 bits per heavy atom. The molecule has 3 aliphatic rings. The Labute approximate surface area is 213 Å². The van der Waals surface area contributed by atoms with E-state index in [4.69, 9.17) is 4.74 Å². The van der Waals surface area contributed by atoms with Crippen molar-refractivity contribution in [2.75, 3.05) is 20.2 Å². The molecule has 1 saturated heterocycles. The highest BCUT2D eigenvalue weighted by atomic mass is 32.2. The van der Waals surface area contributed by atoms with Crippen molar-refractivity contribution >= 4 is 10.0 Å². The van der Waals surface area contributed by atoms with Gasteiger partial charge in [0.1, 0.15) is 17.3 Å².